The Bertz CT molecular complexity index is 629. The number of thioether (sulfide) groups is 1. The number of rotatable bonds is 3. The van der Waals surface area contributed by atoms with Gasteiger partial charge in [0.15, 0.2) is 16.8 Å². The van der Waals surface area contributed by atoms with Crippen LogP contribution >= 0.6 is 11.8 Å². The number of carbonyl (C=O) groups is 1. The fourth-order valence-electron chi connectivity index (χ4n) is 2.41. The van der Waals surface area contributed by atoms with Crippen molar-refractivity contribution in [3.8, 4) is 0 Å². The van der Waals surface area contributed by atoms with Gasteiger partial charge in [0, 0.05) is 25.2 Å². The number of benzene rings is 1. The van der Waals surface area contributed by atoms with Gasteiger partial charge < -0.3 is 9.88 Å². The van der Waals surface area contributed by atoms with E-state index in [9.17, 15) is 13.6 Å². The third-order valence-electron chi connectivity index (χ3n) is 3.54. The molecule has 1 aromatic carbocycles. The number of nitrogens with one attached hydrogen (secondary N) is 1. The summed E-state index contributed by atoms with van der Waals surface area (Å²) in [4.78, 5) is 21.0. The lowest BCUT2D eigenvalue weighted by molar-refractivity contribution is -0.129. The molecule has 0 atom stereocenters. The molecule has 112 valence electrons. The van der Waals surface area contributed by atoms with E-state index in [2.05, 4.69) is 9.97 Å². The summed E-state index contributed by atoms with van der Waals surface area (Å²) in [7, 11) is 0. The van der Waals surface area contributed by atoms with Crippen LogP contribution < -0.4 is 0 Å². The lowest BCUT2D eigenvalue weighted by atomic mass is 10.1. The molecule has 4 nitrogen and oxygen atoms in total. The first-order valence-corrected chi connectivity index (χ1v) is 7.87. The van der Waals surface area contributed by atoms with Crippen LogP contribution in [-0.2, 0) is 4.79 Å². The van der Waals surface area contributed by atoms with Crippen molar-refractivity contribution in [1.82, 2.24) is 14.9 Å². The molecule has 1 aliphatic rings. The zero-order chi connectivity index (χ0) is 14.8. The molecule has 1 amide bonds. The SMILES string of the molecule is O=C(CSc1nc2cc(F)c(F)cc2[nH]1)N1CCCCC1. The Kier molecular flexibility index (Phi) is 4.10. The second kappa shape index (κ2) is 6.01. The Hall–Kier alpha value is -1.63. The average molecular weight is 311 g/mol. The first-order valence-electron chi connectivity index (χ1n) is 6.89. The van der Waals surface area contributed by atoms with Crippen LogP contribution in [0.4, 0.5) is 8.78 Å². The number of hydrogen-bond acceptors (Lipinski definition) is 3. The first-order chi connectivity index (χ1) is 10.1. The number of likely N-dealkylation sites (tertiary alicyclic amines) is 1. The van der Waals surface area contributed by atoms with Crippen molar-refractivity contribution in [1.29, 1.82) is 0 Å². The van der Waals surface area contributed by atoms with Gasteiger partial charge in [-0.15, -0.1) is 0 Å². The van der Waals surface area contributed by atoms with Gasteiger partial charge in [-0.1, -0.05) is 11.8 Å². The maximum absolute atomic E-state index is 13.1. The highest BCUT2D eigenvalue weighted by Gasteiger charge is 2.17. The molecule has 1 aliphatic heterocycles. The Balaban J connectivity index is 1.66. The number of H-pyrrole nitrogens is 1. The molecule has 0 radical (unpaired) electrons. The zero-order valence-corrected chi connectivity index (χ0v) is 12.2. The van der Waals surface area contributed by atoms with Crippen LogP contribution in [0.3, 0.4) is 0 Å². The Morgan fingerprint density at radius 2 is 1.95 bits per heavy atom. The predicted molar refractivity (Wildman–Crippen MR) is 77.2 cm³/mol. The fraction of sp³-hybridized carbons (Fsp3) is 0.429. The number of amides is 1. The van der Waals surface area contributed by atoms with Crippen molar-refractivity contribution in [3.05, 3.63) is 23.8 Å². The third kappa shape index (κ3) is 3.18. The van der Waals surface area contributed by atoms with Crippen LogP contribution in [0.2, 0.25) is 0 Å². The molecule has 0 spiro atoms. The van der Waals surface area contributed by atoms with Crippen molar-refractivity contribution in [3.63, 3.8) is 0 Å². The van der Waals surface area contributed by atoms with Crippen molar-refractivity contribution >= 4 is 28.7 Å². The molecule has 2 aromatic rings. The summed E-state index contributed by atoms with van der Waals surface area (Å²) >= 11 is 1.26. The lowest BCUT2D eigenvalue weighted by Gasteiger charge is -2.26. The number of fused-ring (bicyclic) bond motifs is 1. The monoisotopic (exact) mass is 311 g/mol. The average Bonchev–Trinajstić information content (AvgIpc) is 2.88. The maximum atomic E-state index is 13.1. The normalized spacial score (nSPS) is 15.6. The molecular weight excluding hydrogens is 296 g/mol. The molecule has 1 saturated heterocycles. The summed E-state index contributed by atoms with van der Waals surface area (Å²) in [5.74, 6) is -1.47. The van der Waals surface area contributed by atoms with Crippen molar-refractivity contribution in [2.75, 3.05) is 18.8 Å². The number of carbonyl (C=O) groups excluding carboxylic acids is 1. The molecule has 0 unspecified atom stereocenters. The Morgan fingerprint density at radius 1 is 1.24 bits per heavy atom. The molecule has 0 saturated carbocycles. The number of halogens is 2. The number of piperidine rings is 1. The molecule has 2 heterocycles. The van der Waals surface area contributed by atoms with E-state index < -0.39 is 11.6 Å². The highest BCUT2D eigenvalue weighted by molar-refractivity contribution is 7.99. The van der Waals surface area contributed by atoms with E-state index in [1.165, 1.54) is 18.2 Å². The van der Waals surface area contributed by atoms with Crippen molar-refractivity contribution in [2.24, 2.45) is 0 Å². The summed E-state index contributed by atoms with van der Waals surface area (Å²) in [6.07, 6.45) is 3.29. The summed E-state index contributed by atoms with van der Waals surface area (Å²) in [6.45, 7) is 1.63. The Morgan fingerprint density at radius 3 is 2.71 bits per heavy atom. The van der Waals surface area contributed by atoms with Gasteiger partial charge in [-0.2, -0.15) is 0 Å². The number of hydrogen-bond donors (Lipinski definition) is 1. The summed E-state index contributed by atoms with van der Waals surface area (Å²) in [6, 6.07) is 2.13. The maximum Gasteiger partial charge on any atom is 0.233 e. The van der Waals surface area contributed by atoms with Gasteiger partial charge in [0.1, 0.15) is 0 Å². The topological polar surface area (TPSA) is 49.0 Å². The number of aromatic nitrogens is 2. The predicted octanol–water partition coefficient (Wildman–Crippen LogP) is 2.95. The second-order valence-corrected chi connectivity index (χ2v) is 6.02. The highest BCUT2D eigenvalue weighted by Crippen LogP contribution is 2.22. The van der Waals surface area contributed by atoms with Crippen LogP contribution in [0.5, 0.6) is 0 Å². The molecule has 21 heavy (non-hydrogen) atoms. The molecule has 3 rings (SSSR count). The van der Waals surface area contributed by atoms with Gasteiger partial charge in [0.25, 0.3) is 0 Å². The summed E-state index contributed by atoms with van der Waals surface area (Å²) in [5, 5.41) is 0.500. The van der Waals surface area contributed by atoms with E-state index in [-0.39, 0.29) is 11.7 Å². The van der Waals surface area contributed by atoms with E-state index in [0.717, 1.165) is 38.1 Å². The van der Waals surface area contributed by atoms with Gasteiger partial charge in [0.05, 0.1) is 16.8 Å². The smallest absolute Gasteiger partial charge is 0.233 e. The van der Waals surface area contributed by atoms with Crippen molar-refractivity contribution in [2.45, 2.75) is 24.4 Å². The molecule has 1 aromatic heterocycles. The summed E-state index contributed by atoms with van der Waals surface area (Å²) < 4.78 is 26.2. The minimum atomic E-state index is -0.921. The van der Waals surface area contributed by atoms with E-state index in [0.29, 0.717) is 16.2 Å². The van der Waals surface area contributed by atoms with Crippen LogP contribution in [-0.4, -0.2) is 39.6 Å². The minimum Gasteiger partial charge on any atom is -0.342 e. The summed E-state index contributed by atoms with van der Waals surface area (Å²) in [5.41, 5.74) is 0.795. The van der Waals surface area contributed by atoms with E-state index in [1.807, 2.05) is 4.90 Å². The standard InChI is InChI=1S/C14H15F2N3OS/c15-9-6-11-12(7-10(9)16)18-14(17-11)21-8-13(20)19-4-2-1-3-5-19/h6-7H,1-5,8H2,(H,17,18). The van der Waals surface area contributed by atoms with Gasteiger partial charge in [-0.3, -0.25) is 4.79 Å². The second-order valence-electron chi connectivity index (χ2n) is 5.06. The van der Waals surface area contributed by atoms with Crippen LogP contribution in [0.25, 0.3) is 11.0 Å². The molecule has 0 aliphatic carbocycles. The van der Waals surface area contributed by atoms with Gasteiger partial charge >= 0.3 is 0 Å². The number of imidazole rings is 1. The van der Waals surface area contributed by atoms with Gasteiger partial charge in [-0.25, -0.2) is 13.8 Å². The largest absolute Gasteiger partial charge is 0.342 e. The third-order valence-corrected chi connectivity index (χ3v) is 4.40. The minimum absolute atomic E-state index is 0.0810. The lowest BCUT2D eigenvalue weighted by Crippen LogP contribution is -2.36. The highest BCUT2D eigenvalue weighted by atomic mass is 32.2. The van der Waals surface area contributed by atoms with Gasteiger partial charge in [-0.05, 0) is 19.3 Å². The fourth-order valence-corrected chi connectivity index (χ4v) is 3.20. The molecule has 7 heteroatoms. The zero-order valence-electron chi connectivity index (χ0n) is 11.4. The molecule has 0 bridgehead atoms. The first kappa shape index (κ1) is 14.3. The number of nitrogens with zero attached hydrogens (tertiary/aromatic N) is 2. The molecule has 1 N–H and O–H groups in total. The molecule has 1 fully saturated rings. The van der Waals surface area contributed by atoms with Crippen LogP contribution in [0.1, 0.15) is 19.3 Å². The van der Waals surface area contributed by atoms with E-state index >= 15 is 0 Å². The van der Waals surface area contributed by atoms with Crippen LogP contribution in [0, 0.1) is 11.6 Å². The van der Waals surface area contributed by atoms with E-state index in [4.69, 9.17) is 0 Å². The van der Waals surface area contributed by atoms with Gasteiger partial charge in [0.2, 0.25) is 5.91 Å². The quantitative estimate of drug-likeness (QED) is 0.887. The van der Waals surface area contributed by atoms with Crippen molar-refractivity contribution < 1.29 is 13.6 Å². The Labute approximate surface area is 124 Å². The number of aromatic amines is 1. The molecular formula is C14H15F2N3OS. The van der Waals surface area contributed by atoms with E-state index in [1.54, 1.807) is 0 Å². The van der Waals surface area contributed by atoms with Crippen LogP contribution in [0.15, 0.2) is 17.3 Å².